The largest absolute Gasteiger partial charge is 0.356 e. The van der Waals surface area contributed by atoms with Crippen molar-refractivity contribution >= 4 is 17.6 Å². The lowest BCUT2D eigenvalue weighted by Crippen LogP contribution is -2.48. The number of nitrogens with zero attached hydrogens (tertiary/aromatic N) is 4. The van der Waals surface area contributed by atoms with Gasteiger partial charge in [-0.3, -0.25) is 4.90 Å². The van der Waals surface area contributed by atoms with Crippen molar-refractivity contribution in [3.05, 3.63) is 18.1 Å². The average molecular weight is 318 g/mol. The SMILES string of the molecule is c1nc(C2CCC2)cc(N2CCC(N3CCSCC3)CC2)n1. The van der Waals surface area contributed by atoms with E-state index >= 15 is 0 Å². The van der Waals surface area contributed by atoms with Crippen molar-refractivity contribution in [3.8, 4) is 0 Å². The van der Waals surface area contributed by atoms with Crippen molar-refractivity contribution in [2.75, 3.05) is 42.6 Å². The monoisotopic (exact) mass is 318 g/mol. The van der Waals surface area contributed by atoms with Crippen LogP contribution in [0.3, 0.4) is 0 Å². The molecule has 0 aromatic carbocycles. The van der Waals surface area contributed by atoms with E-state index in [-0.39, 0.29) is 0 Å². The molecule has 4 rings (SSSR count). The number of aromatic nitrogens is 2. The van der Waals surface area contributed by atoms with Gasteiger partial charge in [-0.2, -0.15) is 11.8 Å². The lowest BCUT2D eigenvalue weighted by Gasteiger charge is -2.40. The number of hydrogen-bond acceptors (Lipinski definition) is 5. The van der Waals surface area contributed by atoms with E-state index in [1.807, 2.05) is 0 Å². The third-order valence-corrected chi connectivity index (χ3v) is 6.49. The normalized spacial score (nSPS) is 25.2. The van der Waals surface area contributed by atoms with Gasteiger partial charge in [-0.15, -0.1) is 0 Å². The van der Waals surface area contributed by atoms with Crippen LogP contribution in [0.25, 0.3) is 0 Å². The van der Waals surface area contributed by atoms with Crippen LogP contribution in [-0.2, 0) is 0 Å². The van der Waals surface area contributed by atoms with E-state index in [4.69, 9.17) is 0 Å². The van der Waals surface area contributed by atoms with E-state index in [9.17, 15) is 0 Å². The molecular formula is C17H26N4S. The summed E-state index contributed by atoms with van der Waals surface area (Å²) >= 11 is 2.10. The van der Waals surface area contributed by atoms with E-state index in [0.29, 0.717) is 5.92 Å². The molecule has 4 nitrogen and oxygen atoms in total. The molecule has 3 aliphatic rings. The van der Waals surface area contributed by atoms with Crippen molar-refractivity contribution in [2.24, 2.45) is 0 Å². The quantitative estimate of drug-likeness (QED) is 0.856. The summed E-state index contributed by atoms with van der Waals surface area (Å²) in [5, 5.41) is 0. The average Bonchev–Trinajstić information content (AvgIpc) is 2.55. The standard InChI is InChI=1S/C17H26N4S/c1-2-14(3-1)16-12-17(19-13-18-16)21-6-4-15(5-7-21)20-8-10-22-11-9-20/h12-15H,1-11H2. The second kappa shape index (κ2) is 6.75. The van der Waals surface area contributed by atoms with Gasteiger partial charge in [-0.1, -0.05) is 6.42 Å². The summed E-state index contributed by atoms with van der Waals surface area (Å²) in [7, 11) is 0. The van der Waals surface area contributed by atoms with Gasteiger partial charge in [-0.05, 0) is 25.7 Å². The van der Waals surface area contributed by atoms with Gasteiger partial charge in [0.2, 0.25) is 0 Å². The summed E-state index contributed by atoms with van der Waals surface area (Å²) in [6, 6.07) is 3.05. The number of thioether (sulfide) groups is 1. The Morgan fingerprint density at radius 3 is 2.41 bits per heavy atom. The fraction of sp³-hybridized carbons (Fsp3) is 0.765. The predicted octanol–water partition coefficient (Wildman–Crippen LogP) is 2.76. The topological polar surface area (TPSA) is 32.3 Å². The molecule has 1 aliphatic carbocycles. The maximum atomic E-state index is 4.54. The molecule has 0 N–H and O–H groups in total. The van der Waals surface area contributed by atoms with Crippen molar-refractivity contribution in [2.45, 2.75) is 44.1 Å². The first-order valence-electron chi connectivity index (χ1n) is 8.79. The Kier molecular flexibility index (Phi) is 4.53. The molecular weight excluding hydrogens is 292 g/mol. The van der Waals surface area contributed by atoms with Crippen LogP contribution >= 0.6 is 11.8 Å². The van der Waals surface area contributed by atoms with Gasteiger partial charge in [0.05, 0.1) is 0 Å². The van der Waals surface area contributed by atoms with Crippen LogP contribution in [0.5, 0.6) is 0 Å². The second-order valence-corrected chi connectivity index (χ2v) is 8.02. The molecule has 3 fully saturated rings. The second-order valence-electron chi connectivity index (χ2n) is 6.80. The molecule has 120 valence electrons. The molecule has 0 atom stereocenters. The van der Waals surface area contributed by atoms with Crippen LogP contribution in [0, 0.1) is 0 Å². The molecule has 22 heavy (non-hydrogen) atoms. The van der Waals surface area contributed by atoms with Gasteiger partial charge in [0.15, 0.2) is 0 Å². The number of hydrogen-bond donors (Lipinski definition) is 0. The highest BCUT2D eigenvalue weighted by atomic mass is 32.2. The van der Waals surface area contributed by atoms with Gasteiger partial charge >= 0.3 is 0 Å². The Morgan fingerprint density at radius 2 is 1.73 bits per heavy atom. The number of rotatable bonds is 3. The van der Waals surface area contributed by atoms with Crippen molar-refractivity contribution in [3.63, 3.8) is 0 Å². The summed E-state index contributed by atoms with van der Waals surface area (Å²) in [4.78, 5) is 14.2. The van der Waals surface area contributed by atoms with Crippen LogP contribution in [0.15, 0.2) is 12.4 Å². The summed E-state index contributed by atoms with van der Waals surface area (Å²) < 4.78 is 0. The van der Waals surface area contributed by atoms with Gasteiger partial charge in [0, 0.05) is 61.4 Å². The van der Waals surface area contributed by atoms with E-state index < -0.39 is 0 Å². The fourth-order valence-electron chi connectivity index (χ4n) is 3.86. The Labute approximate surface area is 137 Å². The van der Waals surface area contributed by atoms with Crippen LogP contribution in [0.1, 0.15) is 43.7 Å². The molecule has 2 aliphatic heterocycles. The van der Waals surface area contributed by atoms with Crippen LogP contribution in [0.2, 0.25) is 0 Å². The van der Waals surface area contributed by atoms with Gasteiger partial charge in [0.25, 0.3) is 0 Å². The highest BCUT2D eigenvalue weighted by Gasteiger charge is 2.27. The fourth-order valence-corrected chi connectivity index (χ4v) is 4.80. The molecule has 2 saturated heterocycles. The molecule has 0 radical (unpaired) electrons. The maximum absolute atomic E-state index is 4.54. The summed E-state index contributed by atoms with van der Waals surface area (Å²) in [5.41, 5.74) is 1.27. The zero-order valence-corrected chi connectivity index (χ0v) is 14.1. The van der Waals surface area contributed by atoms with Crippen molar-refractivity contribution in [1.29, 1.82) is 0 Å². The summed E-state index contributed by atoms with van der Waals surface area (Å²) in [5.74, 6) is 4.49. The highest BCUT2D eigenvalue weighted by Crippen LogP contribution is 2.36. The van der Waals surface area contributed by atoms with Gasteiger partial charge in [0.1, 0.15) is 12.1 Å². The first kappa shape index (κ1) is 14.8. The minimum atomic E-state index is 0.699. The van der Waals surface area contributed by atoms with Crippen LogP contribution in [0.4, 0.5) is 5.82 Å². The van der Waals surface area contributed by atoms with Crippen LogP contribution < -0.4 is 4.90 Å². The Bertz CT molecular complexity index is 491. The molecule has 3 heterocycles. The number of piperidine rings is 1. The molecule has 5 heteroatoms. The summed E-state index contributed by atoms with van der Waals surface area (Å²) in [6.45, 7) is 4.87. The van der Waals surface area contributed by atoms with Crippen molar-refractivity contribution < 1.29 is 0 Å². The van der Waals surface area contributed by atoms with Crippen molar-refractivity contribution in [1.82, 2.24) is 14.9 Å². The number of anilines is 1. The smallest absolute Gasteiger partial charge is 0.132 e. The highest BCUT2D eigenvalue weighted by molar-refractivity contribution is 7.99. The summed E-state index contributed by atoms with van der Waals surface area (Å²) in [6.07, 6.45) is 8.33. The zero-order chi connectivity index (χ0) is 14.8. The minimum absolute atomic E-state index is 0.699. The maximum Gasteiger partial charge on any atom is 0.132 e. The van der Waals surface area contributed by atoms with Crippen LogP contribution in [-0.4, -0.2) is 58.6 Å². The molecule has 1 aromatic heterocycles. The molecule has 1 saturated carbocycles. The lowest BCUT2D eigenvalue weighted by molar-refractivity contribution is 0.185. The van der Waals surface area contributed by atoms with Gasteiger partial charge in [-0.25, -0.2) is 9.97 Å². The Morgan fingerprint density at radius 1 is 0.955 bits per heavy atom. The third kappa shape index (κ3) is 3.11. The minimum Gasteiger partial charge on any atom is -0.356 e. The Balaban J connectivity index is 1.36. The lowest BCUT2D eigenvalue weighted by atomic mass is 9.83. The first-order chi connectivity index (χ1) is 10.9. The van der Waals surface area contributed by atoms with E-state index in [0.717, 1.165) is 24.9 Å². The Hall–Kier alpha value is -0.810. The molecule has 0 bridgehead atoms. The molecule has 0 unspecified atom stereocenters. The van der Waals surface area contributed by atoms with E-state index in [1.54, 1.807) is 6.33 Å². The zero-order valence-electron chi connectivity index (χ0n) is 13.3. The molecule has 0 spiro atoms. The first-order valence-corrected chi connectivity index (χ1v) is 9.94. The third-order valence-electron chi connectivity index (χ3n) is 5.55. The van der Waals surface area contributed by atoms with Gasteiger partial charge < -0.3 is 4.90 Å². The van der Waals surface area contributed by atoms with E-state index in [2.05, 4.69) is 37.6 Å². The molecule has 0 amide bonds. The molecule has 1 aromatic rings. The van der Waals surface area contributed by atoms with E-state index in [1.165, 1.54) is 62.4 Å². The predicted molar refractivity (Wildman–Crippen MR) is 92.8 cm³/mol.